The van der Waals surface area contributed by atoms with E-state index in [1.54, 1.807) is 30.3 Å². The van der Waals surface area contributed by atoms with Crippen LogP contribution in [-0.2, 0) is 23.4 Å². The highest BCUT2D eigenvalue weighted by atomic mass is 31.2. The smallest absolute Gasteiger partial charge is 0.459 e. The van der Waals surface area contributed by atoms with Gasteiger partial charge in [0, 0.05) is 6.20 Å². The number of para-hydroxylation sites is 1. The van der Waals surface area contributed by atoms with Gasteiger partial charge in [0.15, 0.2) is 0 Å². The summed E-state index contributed by atoms with van der Waals surface area (Å²) in [6, 6.07) is 9.01. The lowest BCUT2D eigenvalue weighted by Crippen LogP contribution is -2.35. The Kier molecular flexibility index (Phi) is 7.45. The number of benzene rings is 1. The Balaban J connectivity index is 1.66. The number of rotatable bonds is 9. The lowest BCUT2D eigenvalue weighted by molar-refractivity contribution is -0.142. The van der Waals surface area contributed by atoms with Crippen molar-refractivity contribution in [2.75, 3.05) is 19.5 Å². The van der Waals surface area contributed by atoms with Gasteiger partial charge in [0.05, 0.1) is 19.8 Å². The highest BCUT2D eigenvalue weighted by Gasteiger charge is 2.35. The van der Waals surface area contributed by atoms with E-state index in [9.17, 15) is 14.2 Å². The van der Waals surface area contributed by atoms with Gasteiger partial charge < -0.3 is 19.7 Å². The number of nitrogens with two attached hydrogens (primary N) is 1. The van der Waals surface area contributed by atoms with Crippen molar-refractivity contribution in [1.29, 1.82) is 0 Å². The second kappa shape index (κ2) is 10.1. The maximum Gasteiger partial charge on any atom is 0.459 e. The Morgan fingerprint density at radius 3 is 2.77 bits per heavy atom. The Morgan fingerprint density at radius 1 is 1.35 bits per heavy atom. The fraction of sp³-hybridized carbons (Fsp3) is 0.421. The van der Waals surface area contributed by atoms with Crippen molar-refractivity contribution in [1.82, 2.24) is 14.6 Å². The van der Waals surface area contributed by atoms with Gasteiger partial charge in [-0.15, -0.1) is 0 Å². The second-order valence-electron chi connectivity index (χ2n) is 6.90. The monoisotopic (exact) mass is 452 g/mol. The van der Waals surface area contributed by atoms with Gasteiger partial charge in [-0.3, -0.25) is 13.9 Å². The summed E-state index contributed by atoms with van der Waals surface area (Å²) in [6.07, 6.45) is 1.62. The minimum absolute atomic E-state index is 0.0847. The molecule has 31 heavy (non-hydrogen) atoms. The van der Waals surface area contributed by atoms with Crippen LogP contribution in [0.4, 0.5) is 5.82 Å². The van der Waals surface area contributed by atoms with Crippen molar-refractivity contribution in [2.24, 2.45) is 0 Å². The molecule has 168 valence electrons. The normalized spacial score (nSPS) is 21.2. The lowest BCUT2D eigenvalue weighted by atomic mass is 10.2. The van der Waals surface area contributed by atoms with Crippen LogP contribution in [0.5, 0.6) is 5.75 Å². The number of ether oxygens (including phenoxy) is 2. The zero-order valence-electron chi connectivity index (χ0n) is 17.2. The van der Waals surface area contributed by atoms with Crippen molar-refractivity contribution >= 4 is 19.5 Å². The summed E-state index contributed by atoms with van der Waals surface area (Å²) < 4.78 is 36.3. The average molecular weight is 452 g/mol. The molecule has 2 unspecified atom stereocenters. The zero-order chi connectivity index (χ0) is 22.4. The highest BCUT2D eigenvalue weighted by Crippen LogP contribution is 2.45. The molecule has 0 amide bonds. The molecule has 1 fully saturated rings. The van der Waals surface area contributed by atoms with Crippen molar-refractivity contribution < 1.29 is 27.9 Å². The van der Waals surface area contributed by atoms with Crippen LogP contribution >= 0.6 is 7.75 Å². The number of carbonyl (C=O) groups excluding carboxylic acids is 1. The summed E-state index contributed by atoms with van der Waals surface area (Å²) in [5.74, 6) is -0.183. The molecule has 1 aromatic heterocycles. The van der Waals surface area contributed by atoms with E-state index < -0.39 is 37.8 Å². The number of carbonyl (C=O) groups is 1. The van der Waals surface area contributed by atoms with Gasteiger partial charge in [-0.25, -0.2) is 9.36 Å². The third-order valence-electron chi connectivity index (χ3n) is 4.55. The minimum atomic E-state index is -3.95. The van der Waals surface area contributed by atoms with Crippen LogP contribution in [0, 0.1) is 0 Å². The van der Waals surface area contributed by atoms with Crippen LogP contribution in [0.25, 0.3) is 0 Å². The molecule has 1 aromatic carbocycles. The molecule has 1 aliphatic rings. The molecule has 0 spiro atoms. The molecule has 3 N–H and O–H groups in total. The fourth-order valence-electron chi connectivity index (χ4n) is 3.02. The number of nitrogen functional groups attached to an aromatic ring is 1. The second-order valence-corrected chi connectivity index (χ2v) is 8.60. The molecule has 12 heteroatoms. The van der Waals surface area contributed by atoms with E-state index in [1.165, 1.54) is 30.9 Å². The summed E-state index contributed by atoms with van der Waals surface area (Å²) in [5.41, 5.74) is 5.00. The van der Waals surface area contributed by atoms with Crippen molar-refractivity contribution in [2.45, 2.75) is 38.1 Å². The average Bonchev–Trinajstić information content (AvgIpc) is 3.21. The lowest BCUT2D eigenvalue weighted by Gasteiger charge is -2.24. The molecule has 0 saturated carbocycles. The Morgan fingerprint density at radius 2 is 2.10 bits per heavy atom. The van der Waals surface area contributed by atoms with E-state index in [0.29, 0.717) is 18.6 Å². The number of anilines is 1. The first kappa shape index (κ1) is 23.0. The molecular weight excluding hydrogens is 427 g/mol. The molecule has 1 aliphatic heterocycles. The first-order chi connectivity index (χ1) is 14.8. The van der Waals surface area contributed by atoms with Gasteiger partial charge in [-0.1, -0.05) is 18.2 Å². The summed E-state index contributed by atoms with van der Waals surface area (Å²) in [4.78, 5) is 27.5. The van der Waals surface area contributed by atoms with E-state index in [2.05, 4.69) is 14.8 Å². The molecule has 3 rings (SSSR count). The summed E-state index contributed by atoms with van der Waals surface area (Å²) in [6.45, 7) is 1.40. The standard InChI is InChI=1S/C19H25N4O7P/c1-13(18(24)27-2)22-31(26,30-14-6-4-3-5-7-14)28-12-15-8-9-17(29-15)23-11-10-16(20)21-19(23)25/h3-7,10-11,13,15,17H,8-9,12H2,1-2H3,(H,22,26)(H2,20,21,25)/t13?,15-,17+,31?/m0/s1. The van der Waals surface area contributed by atoms with Crippen LogP contribution in [-0.4, -0.2) is 41.4 Å². The molecule has 0 bridgehead atoms. The summed E-state index contributed by atoms with van der Waals surface area (Å²) in [5, 5.41) is 2.58. The summed E-state index contributed by atoms with van der Waals surface area (Å²) in [7, 11) is -2.73. The predicted molar refractivity (Wildman–Crippen MR) is 111 cm³/mol. The molecule has 4 atom stereocenters. The molecule has 11 nitrogen and oxygen atoms in total. The first-order valence-electron chi connectivity index (χ1n) is 9.64. The predicted octanol–water partition coefficient (Wildman–Crippen LogP) is 1.86. The largest absolute Gasteiger partial charge is 0.468 e. The number of methoxy groups -OCH3 is 1. The summed E-state index contributed by atoms with van der Waals surface area (Å²) >= 11 is 0. The van der Waals surface area contributed by atoms with E-state index in [4.69, 9.17) is 19.5 Å². The van der Waals surface area contributed by atoms with Crippen LogP contribution < -0.4 is 21.0 Å². The maximum atomic E-state index is 13.3. The Hall–Kier alpha value is -2.72. The highest BCUT2D eigenvalue weighted by molar-refractivity contribution is 7.52. The number of esters is 1. The fourth-order valence-corrected chi connectivity index (χ4v) is 4.54. The number of hydrogen-bond donors (Lipinski definition) is 2. The van der Waals surface area contributed by atoms with Crippen LogP contribution in [0.1, 0.15) is 26.0 Å². The topological polar surface area (TPSA) is 144 Å². The van der Waals surface area contributed by atoms with Gasteiger partial charge in [-0.2, -0.15) is 10.1 Å². The molecule has 1 saturated heterocycles. The van der Waals surface area contributed by atoms with E-state index in [1.807, 2.05) is 0 Å². The van der Waals surface area contributed by atoms with Crippen LogP contribution in [0.2, 0.25) is 0 Å². The number of aromatic nitrogens is 2. The van der Waals surface area contributed by atoms with Gasteiger partial charge in [0.2, 0.25) is 0 Å². The molecule has 2 aromatic rings. The minimum Gasteiger partial charge on any atom is -0.468 e. The molecule has 0 aliphatic carbocycles. The quantitative estimate of drug-likeness (QED) is 0.427. The zero-order valence-corrected chi connectivity index (χ0v) is 18.1. The first-order valence-corrected chi connectivity index (χ1v) is 11.2. The van der Waals surface area contributed by atoms with Crippen LogP contribution in [0.15, 0.2) is 47.4 Å². The van der Waals surface area contributed by atoms with E-state index in [0.717, 1.165) is 0 Å². The number of nitrogens with zero attached hydrogens (tertiary/aromatic N) is 2. The number of nitrogens with one attached hydrogen (secondary N) is 1. The van der Waals surface area contributed by atoms with Gasteiger partial charge in [0.25, 0.3) is 0 Å². The van der Waals surface area contributed by atoms with Gasteiger partial charge >= 0.3 is 19.4 Å². The third-order valence-corrected chi connectivity index (χ3v) is 6.20. The Bertz CT molecular complexity index is 1000. The maximum absolute atomic E-state index is 13.3. The van der Waals surface area contributed by atoms with Crippen LogP contribution in [0.3, 0.4) is 0 Å². The van der Waals surface area contributed by atoms with Crippen molar-refractivity contribution in [3.63, 3.8) is 0 Å². The molecular formula is C19H25N4O7P. The Labute approximate surface area is 179 Å². The van der Waals surface area contributed by atoms with Crippen molar-refractivity contribution in [3.8, 4) is 5.75 Å². The van der Waals surface area contributed by atoms with Gasteiger partial charge in [0.1, 0.15) is 23.8 Å². The van der Waals surface area contributed by atoms with Crippen molar-refractivity contribution in [3.05, 3.63) is 53.1 Å². The third kappa shape index (κ3) is 6.14. The number of hydrogen-bond acceptors (Lipinski definition) is 9. The van der Waals surface area contributed by atoms with E-state index in [-0.39, 0.29) is 12.4 Å². The molecule has 2 heterocycles. The molecule has 0 radical (unpaired) electrons. The SMILES string of the molecule is COC(=O)C(C)NP(=O)(OC[C@@H]1CC[C@H](n2ccc(N)nc2=O)O1)Oc1ccccc1. The van der Waals surface area contributed by atoms with E-state index >= 15 is 0 Å². The van der Waals surface area contributed by atoms with Gasteiger partial charge in [-0.05, 0) is 38.0 Å².